The minimum Gasteiger partial charge on any atom is -0.383 e. The second kappa shape index (κ2) is 8.67. The van der Waals surface area contributed by atoms with Gasteiger partial charge in [0.05, 0.1) is 12.6 Å². The second-order valence-corrected chi connectivity index (χ2v) is 8.81. The fourth-order valence-electron chi connectivity index (χ4n) is 5.11. The lowest BCUT2D eigenvalue weighted by molar-refractivity contribution is -0.131. The van der Waals surface area contributed by atoms with Crippen molar-refractivity contribution in [1.82, 2.24) is 14.7 Å². The van der Waals surface area contributed by atoms with Crippen molar-refractivity contribution >= 4 is 17.6 Å². The van der Waals surface area contributed by atoms with Gasteiger partial charge in [-0.3, -0.25) is 9.59 Å². The largest absolute Gasteiger partial charge is 0.383 e. The molecule has 1 saturated heterocycles. The van der Waals surface area contributed by atoms with Gasteiger partial charge in [0, 0.05) is 25.8 Å². The molecule has 2 aromatic rings. The molecule has 2 aliphatic rings. The number of nitrogens with two attached hydrogens (primary N) is 2. The third-order valence-electron chi connectivity index (χ3n) is 6.60. The summed E-state index contributed by atoms with van der Waals surface area (Å²) in [6, 6.07) is 7.73. The lowest BCUT2D eigenvalue weighted by Gasteiger charge is -2.52. The van der Waals surface area contributed by atoms with E-state index in [2.05, 4.69) is 11.8 Å². The van der Waals surface area contributed by atoms with E-state index in [0.29, 0.717) is 24.7 Å². The van der Waals surface area contributed by atoms with Crippen LogP contribution in [-0.4, -0.2) is 46.7 Å². The molecule has 0 bridgehead atoms. The summed E-state index contributed by atoms with van der Waals surface area (Å²) < 4.78 is 6.90. The minimum absolute atomic E-state index is 0.0568. The molecule has 0 radical (unpaired) electrons. The van der Waals surface area contributed by atoms with Crippen LogP contribution in [0.3, 0.4) is 0 Å². The molecule has 0 atom stereocenters. The molecule has 4 N–H and O–H groups in total. The Morgan fingerprint density at radius 1 is 1.28 bits per heavy atom. The van der Waals surface area contributed by atoms with Crippen molar-refractivity contribution in [1.29, 1.82) is 0 Å². The molecule has 2 heterocycles. The zero-order valence-corrected chi connectivity index (χ0v) is 18.6. The van der Waals surface area contributed by atoms with Gasteiger partial charge in [0.1, 0.15) is 17.1 Å². The van der Waals surface area contributed by atoms with Gasteiger partial charge in [-0.1, -0.05) is 30.2 Å². The lowest BCUT2D eigenvalue weighted by atomic mass is 9.61. The molecule has 1 aliphatic heterocycles. The number of hydrogen-bond donors (Lipinski definition) is 2. The molecule has 1 spiro atoms. The molecule has 8 nitrogen and oxygen atoms in total. The summed E-state index contributed by atoms with van der Waals surface area (Å²) >= 11 is 0. The molecular formula is C24H29N5O3. The average Bonchev–Trinajstić information content (AvgIpc) is 3.10. The summed E-state index contributed by atoms with van der Waals surface area (Å²) in [5.41, 5.74) is 14.6. The smallest absolute Gasteiger partial charge is 0.298 e. The molecule has 2 amide bonds. The number of methoxy groups -OCH3 is 1. The summed E-state index contributed by atoms with van der Waals surface area (Å²) in [5.74, 6) is 4.94. The Bertz CT molecular complexity index is 1090. The number of amides is 2. The van der Waals surface area contributed by atoms with E-state index in [1.807, 2.05) is 29.2 Å². The number of nitrogen functional groups attached to an aromatic ring is 1. The van der Waals surface area contributed by atoms with Crippen LogP contribution >= 0.6 is 0 Å². The normalized spacial score (nSPS) is 22.2. The fraction of sp³-hybridized carbons (Fsp3) is 0.458. The topological polar surface area (TPSA) is 116 Å². The van der Waals surface area contributed by atoms with Crippen LogP contribution in [0.5, 0.6) is 0 Å². The molecule has 1 aliphatic carbocycles. The Hall–Kier alpha value is -3.31. The van der Waals surface area contributed by atoms with Crippen molar-refractivity contribution in [2.45, 2.75) is 45.3 Å². The maximum absolute atomic E-state index is 12.2. The predicted molar refractivity (Wildman–Crippen MR) is 121 cm³/mol. The van der Waals surface area contributed by atoms with Crippen LogP contribution in [0.4, 0.5) is 5.82 Å². The Balaban J connectivity index is 1.56. The first-order valence-corrected chi connectivity index (χ1v) is 10.8. The molecule has 1 aromatic carbocycles. The molecule has 168 valence electrons. The maximum Gasteiger partial charge on any atom is 0.298 e. The van der Waals surface area contributed by atoms with E-state index in [4.69, 9.17) is 21.3 Å². The van der Waals surface area contributed by atoms with Crippen LogP contribution in [0.15, 0.2) is 24.3 Å². The highest BCUT2D eigenvalue weighted by atomic mass is 16.5. The van der Waals surface area contributed by atoms with Crippen LogP contribution in [0.2, 0.25) is 0 Å². The fourth-order valence-corrected chi connectivity index (χ4v) is 5.11. The molecule has 1 saturated carbocycles. The van der Waals surface area contributed by atoms with Gasteiger partial charge in [-0.15, -0.1) is 0 Å². The molecule has 1 aromatic heterocycles. The zero-order valence-electron chi connectivity index (χ0n) is 18.6. The van der Waals surface area contributed by atoms with Crippen molar-refractivity contribution in [3.05, 3.63) is 35.4 Å². The zero-order chi connectivity index (χ0) is 22.9. The minimum atomic E-state index is -0.591. The van der Waals surface area contributed by atoms with Crippen LogP contribution in [0.1, 0.15) is 54.6 Å². The van der Waals surface area contributed by atoms with Gasteiger partial charge >= 0.3 is 0 Å². The number of carbonyl (C=O) groups is 2. The van der Waals surface area contributed by atoms with Crippen molar-refractivity contribution in [2.24, 2.45) is 11.1 Å². The van der Waals surface area contributed by atoms with Crippen molar-refractivity contribution in [2.75, 3.05) is 25.9 Å². The highest BCUT2D eigenvalue weighted by molar-refractivity contribution is 6.03. The van der Waals surface area contributed by atoms with Crippen molar-refractivity contribution in [3.63, 3.8) is 0 Å². The van der Waals surface area contributed by atoms with E-state index >= 15 is 0 Å². The van der Waals surface area contributed by atoms with Crippen molar-refractivity contribution in [3.8, 4) is 23.1 Å². The Morgan fingerprint density at radius 3 is 2.62 bits per heavy atom. The summed E-state index contributed by atoms with van der Waals surface area (Å²) in [5, 5.41) is 4.72. The third kappa shape index (κ3) is 3.96. The number of carbonyl (C=O) groups excluding carboxylic acids is 2. The van der Waals surface area contributed by atoms with E-state index in [1.165, 1.54) is 0 Å². The molecule has 4 rings (SSSR count). The van der Waals surface area contributed by atoms with Gasteiger partial charge in [-0.05, 0) is 49.5 Å². The number of benzene rings is 1. The van der Waals surface area contributed by atoms with Gasteiger partial charge in [0.2, 0.25) is 0 Å². The summed E-state index contributed by atoms with van der Waals surface area (Å²) in [6.45, 7) is 3.64. The monoisotopic (exact) mass is 435 g/mol. The molecule has 32 heavy (non-hydrogen) atoms. The second-order valence-electron chi connectivity index (χ2n) is 8.81. The lowest BCUT2D eigenvalue weighted by Crippen LogP contribution is -2.52. The quantitative estimate of drug-likeness (QED) is 0.699. The first-order valence-electron chi connectivity index (χ1n) is 10.8. The van der Waals surface area contributed by atoms with Crippen LogP contribution in [0.25, 0.3) is 11.3 Å². The third-order valence-corrected chi connectivity index (χ3v) is 6.60. The standard InChI is InChI=1S/C24H29N5O3/c1-3-5-19(30)28-11-4-10-24(15-28)12-18(13-24)29-22(25)20(23(26)31)21(27-29)17-8-6-16(7-9-17)14-32-2/h6-9,18H,4,10-15,25H2,1-2H3,(H2,26,31)/t18-,24-. The summed E-state index contributed by atoms with van der Waals surface area (Å²) in [6.07, 6.45) is 3.73. The van der Waals surface area contributed by atoms with Gasteiger partial charge in [-0.2, -0.15) is 5.10 Å². The molecule has 0 unspecified atom stereocenters. The SMILES string of the molecule is CC#CC(=O)N1CCC[C@]2(C1)C[C@H](n1nc(-c3ccc(COC)cc3)c(C(N)=O)c1N)C2. The van der Waals surface area contributed by atoms with E-state index in [0.717, 1.165) is 43.4 Å². The summed E-state index contributed by atoms with van der Waals surface area (Å²) in [7, 11) is 1.64. The molecule has 2 fully saturated rings. The number of likely N-dealkylation sites (tertiary alicyclic amines) is 1. The number of rotatable bonds is 5. The number of primary amides is 1. The number of ether oxygens (including phenoxy) is 1. The van der Waals surface area contributed by atoms with Gasteiger partial charge < -0.3 is 21.1 Å². The van der Waals surface area contributed by atoms with Gasteiger partial charge in [-0.25, -0.2) is 4.68 Å². The first-order chi connectivity index (χ1) is 15.4. The number of aromatic nitrogens is 2. The summed E-state index contributed by atoms with van der Waals surface area (Å²) in [4.78, 5) is 26.3. The van der Waals surface area contributed by atoms with Crippen LogP contribution in [0, 0.1) is 17.3 Å². The average molecular weight is 436 g/mol. The Morgan fingerprint density at radius 2 is 2.00 bits per heavy atom. The van der Waals surface area contributed by atoms with Crippen LogP contribution in [-0.2, 0) is 16.1 Å². The predicted octanol–water partition coefficient (Wildman–Crippen LogP) is 2.34. The number of piperidine rings is 1. The van der Waals surface area contributed by atoms with E-state index in [1.54, 1.807) is 18.7 Å². The number of hydrogen-bond acceptors (Lipinski definition) is 5. The number of anilines is 1. The van der Waals surface area contributed by atoms with Crippen molar-refractivity contribution < 1.29 is 14.3 Å². The number of nitrogens with zero attached hydrogens (tertiary/aromatic N) is 3. The van der Waals surface area contributed by atoms with Gasteiger partial charge in [0.15, 0.2) is 0 Å². The molecular weight excluding hydrogens is 406 g/mol. The van der Waals surface area contributed by atoms with E-state index in [9.17, 15) is 9.59 Å². The Labute approximate surface area is 187 Å². The Kier molecular flexibility index (Phi) is 5.94. The maximum atomic E-state index is 12.2. The highest BCUT2D eigenvalue weighted by Crippen LogP contribution is 2.54. The van der Waals surface area contributed by atoms with E-state index < -0.39 is 5.91 Å². The molecule has 8 heteroatoms. The van der Waals surface area contributed by atoms with E-state index in [-0.39, 0.29) is 22.9 Å². The van der Waals surface area contributed by atoms with Crippen LogP contribution < -0.4 is 11.5 Å². The van der Waals surface area contributed by atoms with Gasteiger partial charge in [0.25, 0.3) is 11.8 Å². The first kappa shape index (κ1) is 21.9. The highest BCUT2D eigenvalue weighted by Gasteiger charge is 2.49.